The molecule has 0 aliphatic heterocycles. The zero-order chi connectivity index (χ0) is 15.9. The zero-order valence-electron chi connectivity index (χ0n) is 13.2. The maximum atomic E-state index is 8.80. The molecule has 0 atom stereocenters. The predicted molar refractivity (Wildman–Crippen MR) is 82.9 cm³/mol. The Kier molecular flexibility index (Phi) is 6.34. The smallest absolute Gasteiger partial charge is 0.145 e. The topological polar surface area (TPSA) is 100 Å². The molecule has 1 aromatic rings. The first-order valence-electron chi connectivity index (χ1n) is 6.89. The summed E-state index contributed by atoms with van der Waals surface area (Å²) in [6.07, 6.45) is 0.421. The number of ether oxygens (including phenoxy) is 1. The van der Waals surface area contributed by atoms with E-state index in [9.17, 15) is 0 Å². The third kappa shape index (κ3) is 5.17. The van der Waals surface area contributed by atoms with E-state index >= 15 is 0 Å². The molecule has 0 amide bonds. The Morgan fingerprint density at radius 3 is 2.62 bits per heavy atom. The van der Waals surface area contributed by atoms with Gasteiger partial charge in [0.2, 0.25) is 0 Å². The SMILES string of the molecule is COCCN(CCC#N)c1cc(NN)nc(C(C)(C)C)n1. The monoisotopic (exact) mass is 292 g/mol. The van der Waals surface area contributed by atoms with Crippen LogP contribution in [0.15, 0.2) is 6.07 Å². The molecule has 3 N–H and O–H groups in total. The van der Waals surface area contributed by atoms with E-state index in [2.05, 4.69) is 21.5 Å². The van der Waals surface area contributed by atoms with Crippen molar-refractivity contribution in [3.05, 3.63) is 11.9 Å². The van der Waals surface area contributed by atoms with Crippen molar-refractivity contribution < 1.29 is 4.74 Å². The largest absolute Gasteiger partial charge is 0.383 e. The molecular formula is C14H24N6O. The molecule has 21 heavy (non-hydrogen) atoms. The Balaban J connectivity index is 3.13. The van der Waals surface area contributed by atoms with Gasteiger partial charge in [0.1, 0.15) is 17.5 Å². The van der Waals surface area contributed by atoms with Crippen molar-refractivity contribution in [2.75, 3.05) is 37.1 Å². The van der Waals surface area contributed by atoms with E-state index in [0.29, 0.717) is 37.8 Å². The minimum atomic E-state index is -0.191. The number of rotatable bonds is 7. The Labute approximate surface area is 126 Å². The Hall–Kier alpha value is -1.91. The number of nitriles is 1. The molecule has 0 aliphatic rings. The second-order valence-electron chi connectivity index (χ2n) is 5.72. The van der Waals surface area contributed by atoms with E-state index in [4.69, 9.17) is 15.8 Å². The highest BCUT2D eigenvalue weighted by molar-refractivity contribution is 5.49. The zero-order valence-corrected chi connectivity index (χ0v) is 13.2. The predicted octanol–water partition coefficient (Wildman–Crippen LogP) is 1.43. The lowest BCUT2D eigenvalue weighted by molar-refractivity contribution is 0.205. The summed E-state index contributed by atoms with van der Waals surface area (Å²) < 4.78 is 5.12. The number of anilines is 2. The molecule has 0 saturated carbocycles. The van der Waals surface area contributed by atoms with Crippen LogP contribution in [-0.4, -0.2) is 36.8 Å². The Morgan fingerprint density at radius 1 is 1.38 bits per heavy atom. The van der Waals surface area contributed by atoms with Crippen LogP contribution in [0.5, 0.6) is 0 Å². The van der Waals surface area contributed by atoms with Crippen LogP contribution in [0.1, 0.15) is 33.0 Å². The van der Waals surface area contributed by atoms with Gasteiger partial charge < -0.3 is 15.1 Å². The van der Waals surface area contributed by atoms with Gasteiger partial charge in [0.05, 0.1) is 19.1 Å². The molecule has 1 aromatic heterocycles. The molecule has 0 fully saturated rings. The highest BCUT2D eigenvalue weighted by atomic mass is 16.5. The fourth-order valence-electron chi connectivity index (χ4n) is 1.73. The highest BCUT2D eigenvalue weighted by Gasteiger charge is 2.20. The van der Waals surface area contributed by atoms with Gasteiger partial charge in [-0.15, -0.1) is 0 Å². The molecule has 1 rings (SSSR count). The molecule has 0 bridgehead atoms. The van der Waals surface area contributed by atoms with Gasteiger partial charge in [-0.2, -0.15) is 5.26 Å². The molecule has 0 saturated heterocycles. The average molecular weight is 292 g/mol. The van der Waals surface area contributed by atoms with Crippen LogP contribution in [-0.2, 0) is 10.2 Å². The van der Waals surface area contributed by atoms with E-state index in [1.54, 1.807) is 13.2 Å². The minimum absolute atomic E-state index is 0.191. The number of hydrogen-bond acceptors (Lipinski definition) is 7. The molecule has 0 aliphatic carbocycles. The molecule has 0 aromatic carbocycles. The van der Waals surface area contributed by atoms with Crippen LogP contribution in [0.2, 0.25) is 0 Å². The third-order valence-corrected chi connectivity index (χ3v) is 2.91. The normalized spacial score (nSPS) is 11.0. The summed E-state index contributed by atoms with van der Waals surface area (Å²) in [7, 11) is 1.65. The molecule has 0 unspecified atom stereocenters. The van der Waals surface area contributed by atoms with Crippen LogP contribution in [0.4, 0.5) is 11.6 Å². The van der Waals surface area contributed by atoms with Gasteiger partial charge in [-0.25, -0.2) is 15.8 Å². The van der Waals surface area contributed by atoms with E-state index in [1.807, 2.05) is 25.7 Å². The van der Waals surface area contributed by atoms with Crippen LogP contribution in [0.3, 0.4) is 0 Å². The van der Waals surface area contributed by atoms with Crippen molar-refractivity contribution >= 4 is 11.6 Å². The number of hydrazine groups is 1. The maximum absolute atomic E-state index is 8.80. The quantitative estimate of drug-likeness (QED) is 0.579. The first-order valence-corrected chi connectivity index (χ1v) is 6.89. The number of aromatic nitrogens is 2. The van der Waals surface area contributed by atoms with Crippen LogP contribution >= 0.6 is 0 Å². The van der Waals surface area contributed by atoms with Crippen LogP contribution in [0, 0.1) is 11.3 Å². The summed E-state index contributed by atoms with van der Waals surface area (Å²) in [5.74, 6) is 7.50. The van der Waals surface area contributed by atoms with E-state index in [-0.39, 0.29) is 5.41 Å². The summed E-state index contributed by atoms with van der Waals surface area (Å²) >= 11 is 0. The number of nitrogen functional groups attached to an aromatic ring is 1. The second kappa shape index (κ2) is 7.76. The maximum Gasteiger partial charge on any atom is 0.145 e. The molecular weight excluding hydrogens is 268 g/mol. The summed E-state index contributed by atoms with van der Waals surface area (Å²) in [4.78, 5) is 11.0. The molecule has 7 nitrogen and oxygen atoms in total. The molecule has 0 radical (unpaired) electrons. The number of hydrogen-bond donors (Lipinski definition) is 2. The fraction of sp³-hybridized carbons (Fsp3) is 0.643. The van der Waals surface area contributed by atoms with Crippen molar-refractivity contribution in [2.45, 2.75) is 32.6 Å². The lowest BCUT2D eigenvalue weighted by Gasteiger charge is -2.25. The summed E-state index contributed by atoms with van der Waals surface area (Å²) in [6.45, 7) is 7.93. The van der Waals surface area contributed by atoms with Gasteiger partial charge in [0, 0.05) is 31.7 Å². The fourth-order valence-corrected chi connectivity index (χ4v) is 1.73. The first kappa shape index (κ1) is 17.1. The van der Waals surface area contributed by atoms with E-state index in [0.717, 1.165) is 5.82 Å². The summed E-state index contributed by atoms with van der Waals surface area (Å²) in [5.41, 5.74) is 2.38. The third-order valence-electron chi connectivity index (χ3n) is 2.91. The second-order valence-corrected chi connectivity index (χ2v) is 5.72. The number of methoxy groups -OCH3 is 1. The van der Waals surface area contributed by atoms with Gasteiger partial charge in [-0.3, -0.25) is 0 Å². The van der Waals surface area contributed by atoms with Crippen LogP contribution in [0.25, 0.3) is 0 Å². The Morgan fingerprint density at radius 2 is 2.10 bits per heavy atom. The average Bonchev–Trinajstić information content (AvgIpc) is 2.46. The van der Waals surface area contributed by atoms with Gasteiger partial charge in [-0.1, -0.05) is 20.8 Å². The molecule has 1 heterocycles. The van der Waals surface area contributed by atoms with Crippen molar-refractivity contribution in [2.24, 2.45) is 5.84 Å². The van der Waals surface area contributed by atoms with Crippen molar-refractivity contribution in [1.29, 1.82) is 5.26 Å². The number of nitrogens with two attached hydrogens (primary N) is 1. The molecule has 116 valence electrons. The van der Waals surface area contributed by atoms with Crippen molar-refractivity contribution in [3.63, 3.8) is 0 Å². The number of nitrogens with zero attached hydrogens (tertiary/aromatic N) is 4. The van der Waals surface area contributed by atoms with Crippen molar-refractivity contribution in [1.82, 2.24) is 9.97 Å². The molecule has 0 spiro atoms. The standard InChI is InChI=1S/C14H24N6O/c1-14(2,3)13-17-11(19-16)10-12(18-13)20(7-5-6-15)8-9-21-4/h10H,5,7-9,16H2,1-4H3,(H,17,18,19). The van der Waals surface area contributed by atoms with Gasteiger partial charge in [0.25, 0.3) is 0 Å². The minimum Gasteiger partial charge on any atom is -0.383 e. The highest BCUT2D eigenvalue weighted by Crippen LogP contribution is 2.23. The van der Waals surface area contributed by atoms with Crippen LogP contribution < -0.4 is 16.2 Å². The first-order chi connectivity index (χ1) is 9.92. The van der Waals surface area contributed by atoms with E-state index < -0.39 is 0 Å². The lowest BCUT2D eigenvalue weighted by Crippen LogP contribution is -2.30. The van der Waals surface area contributed by atoms with Gasteiger partial charge >= 0.3 is 0 Å². The van der Waals surface area contributed by atoms with Gasteiger partial charge in [0.15, 0.2) is 0 Å². The van der Waals surface area contributed by atoms with Gasteiger partial charge in [-0.05, 0) is 0 Å². The van der Waals surface area contributed by atoms with Crippen molar-refractivity contribution in [3.8, 4) is 6.07 Å². The van der Waals surface area contributed by atoms with E-state index in [1.165, 1.54) is 0 Å². The molecule has 7 heteroatoms. The number of nitrogens with one attached hydrogen (secondary N) is 1. The summed E-state index contributed by atoms with van der Waals surface area (Å²) in [6, 6.07) is 3.93. The summed E-state index contributed by atoms with van der Waals surface area (Å²) in [5, 5.41) is 8.80. The lowest BCUT2D eigenvalue weighted by atomic mass is 9.96. The Bertz CT molecular complexity index is 491.